The molecule has 2 heterocycles. The molecule has 140 valence electrons. The molecule has 0 unspecified atom stereocenters. The van der Waals surface area contributed by atoms with E-state index in [0.29, 0.717) is 34.7 Å². The molecule has 1 amide bonds. The van der Waals surface area contributed by atoms with E-state index in [-0.39, 0.29) is 11.5 Å². The van der Waals surface area contributed by atoms with E-state index in [0.717, 1.165) is 5.56 Å². The highest BCUT2D eigenvalue weighted by Gasteiger charge is 2.24. The highest BCUT2D eigenvalue weighted by Crippen LogP contribution is 2.23. The summed E-state index contributed by atoms with van der Waals surface area (Å²) in [6.07, 6.45) is 3.47. The summed E-state index contributed by atoms with van der Waals surface area (Å²) in [5.41, 5.74) is 3.36. The number of para-hydroxylation sites is 1. The predicted octanol–water partition coefficient (Wildman–Crippen LogP) is 3.72. The largest absolute Gasteiger partial charge is 0.353 e. The number of nitrogens with one attached hydrogen (secondary N) is 1. The van der Waals surface area contributed by atoms with Crippen LogP contribution in [0.5, 0.6) is 0 Å². The maximum atomic E-state index is 13.0. The summed E-state index contributed by atoms with van der Waals surface area (Å²) < 4.78 is 3.17. The molecule has 6 heteroatoms. The molecule has 6 nitrogen and oxygen atoms in total. The molecule has 0 spiro atoms. The molecule has 1 N–H and O–H groups in total. The zero-order valence-corrected chi connectivity index (χ0v) is 15.7. The second kappa shape index (κ2) is 7.15. The van der Waals surface area contributed by atoms with E-state index >= 15 is 0 Å². The van der Waals surface area contributed by atoms with Gasteiger partial charge in [-0.15, -0.1) is 0 Å². The van der Waals surface area contributed by atoms with Gasteiger partial charge < -0.3 is 9.88 Å². The third-order valence-electron chi connectivity index (χ3n) is 4.61. The molecule has 0 radical (unpaired) electrons. The fraction of sp³-hybridized carbons (Fsp3) is 0.136. The second-order valence-corrected chi connectivity index (χ2v) is 6.64. The van der Waals surface area contributed by atoms with Gasteiger partial charge in [-0.25, -0.2) is 0 Å². The molecular formula is C22H20N4O2. The molecule has 0 aromatic heterocycles. The maximum Gasteiger partial charge on any atom is 0.282 e. The lowest BCUT2D eigenvalue weighted by molar-refractivity contribution is 0.102. The molecule has 0 fully saturated rings. The Labute approximate surface area is 162 Å². The van der Waals surface area contributed by atoms with Crippen LogP contribution in [0.1, 0.15) is 22.8 Å². The number of hydrogen-bond acceptors (Lipinski definition) is 3. The van der Waals surface area contributed by atoms with Gasteiger partial charge in [-0.3, -0.25) is 9.59 Å². The smallest absolute Gasteiger partial charge is 0.282 e. The number of benzene rings is 2. The van der Waals surface area contributed by atoms with E-state index in [1.807, 2.05) is 73.0 Å². The Morgan fingerprint density at radius 2 is 1.86 bits per heavy atom. The van der Waals surface area contributed by atoms with Gasteiger partial charge >= 0.3 is 0 Å². The van der Waals surface area contributed by atoms with Crippen LogP contribution >= 0.6 is 0 Å². The fourth-order valence-corrected chi connectivity index (χ4v) is 3.17. The number of aryl methyl sites for hydroxylation is 2. The normalized spacial score (nSPS) is 10.9. The van der Waals surface area contributed by atoms with Gasteiger partial charge in [0, 0.05) is 24.6 Å². The standard InChI is InChI=1S/C22H20N4O2/c1-3-25-13-18(21(27)23-16-9-7-8-15(2)12-16)20-19(14-25)22(28)26(24-20)17-10-5-4-6-11-17/h4-14H,3H2,1-2H3,(H,23,27). The monoisotopic (exact) mass is 372 g/mol. The van der Waals surface area contributed by atoms with E-state index in [2.05, 4.69) is 10.4 Å². The van der Waals surface area contributed by atoms with Crippen LogP contribution in [0.3, 0.4) is 0 Å². The van der Waals surface area contributed by atoms with Gasteiger partial charge in [0.05, 0.1) is 16.8 Å². The molecule has 2 aromatic carbocycles. The summed E-state index contributed by atoms with van der Waals surface area (Å²) in [5.74, 6) is -0.295. The summed E-state index contributed by atoms with van der Waals surface area (Å²) in [4.78, 5) is 25.9. The van der Waals surface area contributed by atoms with E-state index in [9.17, 15) is 9.59 Å². The van der Waals surface area contributed by atoms with Crippen LogP contribution in [-0.4, -0.2) is 20.3 Å². The van der Waals surface area contributed by atoms with Gasteiger partial charge in [0.2, 0.25) is 0 Å². The zero-order chi connectivity index (χ0) is 19.7. The van der Waals surface area contributed by atoms with Crippen molar-refractivity contribution in [2.45, 2.75) is 20.4 Å². The molecule has 2 aromatic rings. The van der Waals surface area contributed by atoms with Crippen molar-refractivity contribution in [3.63, 3.8) is 0 Å². The van der Waals surface area contributed by atoms with Gasteiger partial charge in [0.25, 0.3) is 11.5 Å². The molecule has 0 saturated carbocycles. The molecule has 0 aliphatic carbocycles. The first-order chi connectivity index (χ1) is 13.6. The lowest BCUT2D eigenvalue weighted by Gasteiger charge is -2.11. The van der Waals surface area contributed by atoms with Crippen LogP contribution in [0.2, 0.25) is 0 Å². The van der Waals surface area contributed by atoms with Gasteiger partial charge in [-0.05, 0) is 43.7 Å². The van der Waals surface area contributed by atoms with Crippen LogP contribution < -0.4 is 10.9 Å². The topological polar surface area (TPSA) is 68.9 Å². The van der Waals surface area contributed by atoms with Gasteiger partial charge in [-0.1, -0.05) is 30.3 Å². The van der Waals surface area contributed by atoms with Crippen LogP contribution in [-0.2, 0) is 6.54 Å². The molecule has 0 atom stereocenters. The summed E-state index contributed by atoms with van der Waals surface area (Å²) in [6.45, 7) is 4.56. The van der Waals surface area contributed by atoms with E-state index in [1.54, 1.807) is 12.4 Å². The number of anilines is 1. The molecule has 0 bridgehead atoms. The van der Waals surface area contributed by atoms with Crippen molar-refractivity contribution in [2.75, 3.05) is 5.32 Å². The van der Waals surface area contributed by atoms with Crippen molar-refractivity contribution < 1.29 is 4.79 Å². The number of carbonyl (C=O) groups is 1. The lowest BCUT2D eigenvalue weighted by atomic mass is 10.1. The summed E-state index contributed by atoms with van der Waals surface area (Å²) in [7, 11) is 0. The predicted molar refractivity (Wildman–Crippen MR) is 109 cm³/mol. The number of carbonyl (C=O) groups excluding carboxylic acids is 1. The first-order valence-corrected chi connectivity index (χ1v) is 9.13. The number of amides is 1. The van der Waals surface area contributed by atoms with E-state index < -0.39 is 0 Å². The Hall–Kier alpha value is -3.67. The second-order valence-electron chi connectivity index (χ2n) is 6.64. The first-order valence-electron chi connectivity index (χ1n) is 9.13. The summed E-state index contributed by atoms with van der Waals surface area (Å²) in [5, 5.41) is 7.38. The Morgan fingerprint density at radius 3 is 2.57 bits per heavy atom. The van der Waals surface area contributed by atoms with Crippen molar-refractivity contribution in [1.82, 2.24) is 14.3 Å². The Bertz CT molecular complexity index is 1170. The van der Waals surface area contributed by atoms with Crippen molar-refractivity contribution in [1.29, 1.82) is 0 Å². The Balaban J connectivity index is 1.83. The van der Waals surface area contributed by atoms with Crippen LogP contribution in [0.4, 0.5) is 5.69 Å². The molecule has 2 aliphatic rings. The number of nitrogens with zero attached hydrogens (tertiary/aromatic N) is 3. The third kappa shape index (κ3) is 3.20. The molecule has 4 rings (SSSR count). The Kier molecular flexibility index (Phi) is 4.53. The number of pyridine rings is 1. The van der Waals surface area contributed by atoms with Crippen molar-refractivity contribution in [3.8, 4) is 16.9 Å². The minimum Gasteiger partial charge on any atom is -0.353 e. The van der Waals surface area contributed by atoms with Gasteiger partial charge in [0.15, 0.2) is 0 Å². The number of fused-ring (bicyclic) bond motifs is 1. The van der Waals surface area contributed by atoms with Gasteiger partial charge in [-0.2, -0.15) is 9.78 Å². The highest BCUT2D eigenvalue weighted by atomic mass is 16.2. The zero-order valence-electron chi connectivity index (χ0n) is 15.7. The highest BCUT2D eigenvalue weighted by molar-refractivity contribution is 6.08. The molecule has 2 aliphatic heterocycles. The summed E-state index contributed by atoms with van der Waals surface area (Å²) >= 11 is 0. The molecular weight excluding hydrogens is 352 g/mol. The van der Waals surface area contributed by atoms with Crippen molar-refractivity contribution in [2.24, 2.45) is 0 Å². The maximum absolute atomic E-state index is 13.0. The average Bonchev–Trinajstić information content (AvgIpc) is 3.04. The van der Waals surface area contributed by atoms with Gasteiger partial charge in [0.1, 0.15) is 5.69 Å². The van der Waals surface area contributed by atoms with Crippen LogP contribution in [0, 0.1) is 6.92 Å². The van der Waals surface area contributed by atoms with Crippen LogP contribution in [0.25, 0.3) is 16.9 Å². The van der Waals surface area contributed by atoms with E-state index in [4.69, 9.17) is 0 Å². The average molecular weight is 372 g/mol. The third-order valence-corrected chi connectivity index (χ3v) is 4.61. The SMILES string of the molecule is CCn1cc(C(=O)Nc2cccc(C)c2)c2nn(-c3ccccc3)c(=O)c-2c1. The van der Waals surface area contributed by atoms with Crippen molar-refractivity contribution >= 4 is 11.6 Å². The molecule has 28 heavy (non-hydrogen) atoms. The number of hydrogen-bond donors (Lipinski definition) is 1. The quantitative estimate of drug-likeness (QED) is 0.594. The lowest BCUT2D eigenvalue weighted by Crippen LogP contribution is -2.17. The van der Waals surface area contributed by atoms with E-state index in [1.165, 1.54) is 4.68 Å². The number of aromatic nitrogens is 3. The summed E-state index contributed by atoms with van der Waals surface area (Å²) in [6, 6.07) is 16.8. The fourth-order valence-electron chi connectivity index (χ4n) is 3.17. The number of rotatable bonds is 4. The van der Waals surface area contributed by atoms with Crippen LogP contribution in [0.15, 0.2) is 71.8 Å². The van der Waals surface area contributed by atoms with Crippen molar-refractivity contribution in [3.05, 3.63) is 88.5 Å². The Morgan fingerprint density at radius 1 is 1.07 bits per heavy atom. The minimum atomic E-state index is -0.295. The minimum absolute atomic E-state index is 0.242. The first kappa shape index (κ1) is 17.7. The molecule has 0 saturated heterocycles.